The summed E-state index contributed by atoms with van der Waals surface area (Å²) in [6.45, 7) is 0. The monoisotopic (exact) mass is 202 g/mol. The molecule has 2 aliphatic carbocycles. The molecule has 1 N–H and O–H groups in total. The summed E-state index contributed by atoms with van der Waals surface area (Å²) in [5, 5.41) is 9.45. The van der Waals surface area contributed by atoms with E-state index in [0.29, 0.717) is 5.92 Å². The third-order valence-corrected chi connectivity index (χ3v) is 3.14. The predicted molar refractivity (Wildman–Crippen MR) is 43.8 cm³/mol. The molecular weight excluding hydrogens is 192 g/mol. The van der Waals surface area contributed by atoms with Crippen LogP contribution in [0.3, 0.4) is 0 Å². The quantitative estimate of drug-likeness (QED) is 0.638. The number of halogens is 1. The van der Waals surface area contributed by atoms with Crippen LogP contribution in [0, 0.1) is 11.8 Å². The Morgan fingerprint density at radius 1 is 1.50 bits per heavy atom. The minimum Gasteiger partial charge on any atom is -0.393 e. The van der Waals surface area contributed by atoms with Crippen molar-refractivity contribution in [3.05, 3.63) is 10.6 Å². The number of hydrogen-bond acceptors (Lipinski definition) is 1. The smallest absolute Gasteiger partial charge is 0.0606 e. The Balaban J connectivity index is 2.21. The van der Waals surface area contributed by atoms with E-state index in [1.165, 1.54) is 10.9 Å². The molecule has 0 aromatic carbocycles. The molecule has 0 aromatic heterocycles. The number of allylic oxidation sites excluding steroid dienone is 1. The highest BCUT2D eigenvalue weighted by molar-refractivity contribution is 9.11. The minimum atomic E-state index is -0.0555. The van der Waals surface area contributed by atoms with Gasteiger partial charge in [0, 0.05) is 5.92 Å². The van der Waals surface area contributed by atoms with Gasteiger partial charge >= 0.3 is 0 Å². The molecule has 3 unspecified atom stereocenters. The van der Waals surface area contributed by atoms with Gasteiger partial charge in [-0.3, -0.25) is 0 Å². The van der Waals surface area contributed by atoms with E-state index in [0.717, 1.165) is 18.8 Å². The fraction of sp³-hybridized carbons (Fsp3) is 0.750. The summed E-state index contributed by atoms with van der Waals surface area (Å²) in [6, 6.07) is 0. The zero-order valence-corrected chi connectivity index (χ0v) is 7.34. The van der Waals surface area contributed by atoms with Gasteiger partial charge in [-0.1, -0.05) is 22.0 Å². The molecule has 3 atom stereocenters. The Bertz CT molecular complexity index is 176. The molecular formula is C8H11BrO. The van der Waals surface area contributed by atoms with E-state index < -0.39 is 0 Å². The number of aliphatic hydroxyl groups excluding tert-OH is 1. The van der Waals surface area contributed by atoms with E-state index in [-0.39, 0.29) is 6.10 Å². The van der Waals surface area contributed by atoms with E-state index in [1.807, 2.05) is 0 Å². The van der Waals surface area contributed by atoms with Gasteiger partial charge in [-0.2, -0.15) is 0 Å². The molecule has 10 heavy (non-hydrogen) atoms. The second-order valence-corrected chi connectivity index (χ2v) is 4.40. The summed E-state index contributed by atoms with van der Waals surface area (Å²) in [7, 11) is 0. The average molecular weight is 203 g/mol. The third kappa shape index (κ3) is 1.04. The Morgan fingerprint density at radius 2 is 2.30 bits per heavy atom. The van der Waals surface area contributed by atoms with Crippen molar-refractivity contribution < 1.29 is 5.11 Å². The maximum Gasteiger partial charge on any atom is 0.0606 e. The zero-order chi connectivity index (χ0) is 7.14. The maximum absolute atomic E-state index is 9.45. The van der Waals surface area contributed by atoms with E-state index in [1.54, 1.807) is 0 Å². The highest BCUT2D eigenvalue weighted by atomic mass is 79.9. The second kappa shape index (κ2) is 2.35. The lowest BCUT2D eigenvalue weighted by atomic mass is 9.95. The molecule has 0 amide bonds. The van der Waals surface area contributed by atoms with Crippen LogP contribution in [0.25, 0.3) is 0 Å². The number of fused-ring (bicyclic) bond motifs is 2. The molecule has 2 rings (SSSR count). The topological polar surface area (TPSA) is 20.2 Å². The van der Waals surface area contributed by atoms with Crippen molar-refractivity contribution in [2.24, 2.45) is 11.8 Å². The Morgan fingerprint density at radius 3 is 3.00 bits per heavy atom. The van der Waals surface area contributed by atoms with Gasteiger partial charge in [-0.15, -0.1) is 0 Å². The van der Waals surface area contributed by atoms with Crippen LogP contribution in [0.1, 0.15) is 19.3 Å². The van der Waals surface area contributed by atoms with Crippen molar-refractivity contribution in [3.8, 4) is 0 Å². The summed E-state index contributed by atoms with van der Waals surface area (Å²) >= 11 is 3.49. The van der Waals surface area contributed by atoms with Crippen LogP contribution < -0.4 is 0 Å². The first-order chi connectivity index (χ1) is 4.75. The normalized spacial score (nSPS) is 45.4. The molecule has 0 aliphatic heterocycles. The molecule has 1 fully saturated rings. The predicted octanol–water partition coefficient (Wildman–Crippen LogP) is 2.06. The third-order valence-electron chi connectivity index (χ3n) is 2.55. The number of hydrogen-bond donors (Lipinski definition) is 1. The molecule has 56 valence electrons. The molecule has 0 heterocycles. The fourth-order valence-corrected chi connectivity index (χ4v) is 2.87. The Labute approximate surface area is 69.3 Å². The Hall–Kier alpha value is 0.180. The van der Waals surface area contributed by atoms with Gasteiger partial charge in [-0.05, 0) is 29.7 Å². The van der Waals surface area contributed by atoms with Gasteiger partial charge in [0.25, 0.3) is 0 Å². The van der Waals surface area contributed by atoms with E-state index in [2.05, 4.69) is 22.0 Å². The zero-order valence-electron chi connectivity index (χ0n) is 5.76. The highest BCUT2D eigenvalue weighted by Gasteiger charge is 2.34. The second-order valence-electron chi connectivity index (χ2n) is 3.39. The molecule has 2 bridgehead atoms. The van der Waals surface area contributed by atoms with Crippen LogP contribution in [-0.4, -0.2) is 11.2 Å². The van der Waals surface area contributed by atoms with Crippen LogP contribution in [-0.2, 0) is 0 Å². The lowest BCUT2D eigenvalue weighted by Crippen LogP contribution is -2.10. The van der Waals surface area contributed by atoms with Crippen LogP contribution >= 0.6 is 15.9 Å². The average Bonchev–Trinajstić information content (AvgIpc) is 2.07. The minimum absolute atomic E-state index is 0.0555. The highest BCUT2D eigenvalue weighted by Crippen LogP contribution is 2.42. The SMILES string of the molecule is OC1CC2CC(Br)=CC1C2. The van der Waals surface area contributed by atoms with Crippen LogP contribution in [0.5, 0.6) is 0 Å². The lowest BCUT2D eigenvalue weighted by Gasteiger charge is -2.14. The first-order valence-electron chi connectivity index (χ1n) is 3.80. The van der Waals surface area contributed by atoms with E-state index in [4.69, 9.17) is 0 Å². The molecule has 2 heteroatoms. The molecule has 0 saturated heterocycles. The van der Waals surface area contributed by atoms with Crippen molar-refractivity contribution in [1.29, 1.82) is 0 Å². The lowest BCUT2D eigenvalue weighted by molar-refractivity contribution is 0.152. The van der Waals surface area contributed by atoms with Crippen molar-refractivity contribution in [2.75, 3.05) is 0 Å². The maximum atomic E-state index is 9.45. The van der Waals surface area contributed by atoms with Crippen molar-refractivity contribution in [1.82, 2.24) is 0 Å². The first-order valence-corrected chi connectivity index (χ1v) is 4.59. The van der Waals surface area contributed by atoms with E-state index in [9.17, 15) is 5.11 Å². The van der Waals surface area contributed by atoms with Gasteiger partial charge in [0.1, 0.15) is 0 Å². The summed E-state index contributed by atoms with van der Waals surface area (Å²) < 4.78 is 1.30. The van der Waals surface area contributed by atoms with Gasteiger partial charge in [0.05, 0.1) is 6.10 Å². The molecule has 1 saturated carbocycles. The number of aliphatic hydroxyl groups is 1. The molecule has 1 nitrogen and oxygen atoms in total. The van der Waals surface area contributed by atoms with Crippen molar-refractivity contribution in [2.45, 2.75) is 25.4 Å². The largest absolute Gasteiger partial charge is 0.393 e. The molecule has 0 radical (unpaired) electrons. The summed E-state index contributed by atoms with van der Waals surface area (Å²) in [5.41, 5.74) is 0. The van der Waals surface area contributed by atoms with Gasteiger partial charge in [-0.25, -0.2) is 0 Å². The van der Waals surface area contributed by atoms with Crippen molar-refractivity contribution >= 4 is 15.9 Å². The number of rotatable bonds is 0. The fourth-order valence-electron chi connectivity index (χ4n) is 2.08. The van der Waals surface area contributed by atoms with Crippen LogP contribution in [0.4, 0.5) is 0 Å². The standard InChI is InChI=1S/C8H11BrO/c9-7-2-5-1-6(4-7)8(10)3-5/h4-6,8,10H,1-3H2. The van der Waals surface area contributed by atoms with Gasteiger partial charge in [0.15, 0.2) is 0 Å². The van der Waals surface area contributed by atoms with Crippen molar-refractivity contribution in [3.63, 3.8) is 0 Å². The summed E-state index contributed by atoms with van der Waals surface area (Å²) in [5.74, 6) is 1.20. The Kier molecular flexibility index (Phi) is 1.61. The molecule has 2 aliphatic rings. The van der Waals surface area contributed by atoms with Crippen LogP contribution in [0.2, 0.25) is 0 Å². The first kappa shape index (κ1) is 6.86. The molecule has 0 aromatic rings. The summed E-state index contributed by atoms with van der Waals surface area (Å²) in [6.07, 6.45) is 5.48. The molecule has 0 spiro atoms. The summed E-state index contributed by atoms with van der Waals surface area (Å²) in [4.78, 5) is 0. The van der Waals surface area contributed by atoms with Gasteiger partial charge < -0.3 is 5.11 Å². The van der Waals surface area contributed by atoms with E-state index >= 15 is 0 Å². The van der Waals surface area contributed by atoms with Gasteiger partial charge in [0.2, 0.25) is 0 Å². The van der Waals surface area contributed by atoms with Crippen LogP contribution in [0.15, 0.2) is 10.6 Å².